The van der Waals surface area contributed by atoms with Gasteiger partial charge in [0.2, 0.25) is 0 Å². The molecule has 1 aromatic rings. The molecular formula is C13H19NO3S. The van der Waals surface area contributed by atoms with Crippen molar-refractivity contribution in [3.8, 4) is 0 Å². The number of hydrogen-bond acceptors (Lipinski definition) is 4. The van der Waals surface area contributed by atoms with Crippen molar-refractivity contribution in [1.82, 2.24) is 0 Å². The second-order valence-electron chi connectivity index (χ2n) is 4.91. The van der Waals surface area contributed by atoms with Gasteiger partial charge in [-0.25, -0.2) is 8.42 Å². The second kappa shape index (κ2) is 5.38. The molecule has 0 amide bonds. The van der Waals surface area contributed by atoms with E-state index in [9.17, 15) is 13.5 Å². The van der Waals surface area contributed by atoms with Crippen LogP contribution in [0.3, 0.4) is 0 Å². The summed E-state index contributed by atoms with van der Waals surface area (Å²) in [6.07, 6.45) is 0.681. The summed E-state index contributed by atoms with van der Waals surface area (Å²) in [4.78, 5) is 0. The van der Waals surface area contributed by atoms with Crippen LogP contribution in [0.5, 0.6) is 0 Å². The molecule has 18 heavy (non-hydrogen) atoms. The minimum Gasteiger partial charge on any atom is -0.388 e. The summed E-state index contributed by atoms with van der Waals surface area (Å²) in [7, 11) is -2.99. The van der Waals surface area contributed by atoms with Crippen LogP contribution < -0.4 is 5.73 Å². The van der Waals surface area contributed by atoms with E-state index < -0.39 is 15.9 Å². The first-order chi connectivity index (χ1) is 8.52. The van der Waals surface area contributed by atoms with Crippen LogP contribution in [0.1, 0.15) is 30.1 Å². The third kappa shape index (κ3) is 3.10. The highest BCUT2D eigenvalue weighted by Crippen LogP contribution is 2.31. The van der Waals surface area contributed by atoms with Crippen LogP contribution in [0.2, 0.25) is 0 Å². The van der Waals surface area contributed by atoms with Crippen molar-refractivity contribution >= 4 is 9.84 Å². The minimum absolute atomic E-state index is 0.0843. The number of benzene rings is 1. The SMILES string of the molecule is NCc1cccc(C(O)C2CCCS(=O)(=O)C2)c1. The van der Waals surface area contributed by atoms with Crippen LogP contribution >= 0.6 is 0 Å². The van der Waals surface area contributed by atoms with E-state index in [1.807, 2.05) is 24.3 Å². The molecule has 0 aromatic heterocycles. The zero-order chi connectivity index (χ0) is 13.2. The first kappa shape index (κ1) is 13.5. The molecule has 0 radical (unpaired) electrons. The van der Waals surface area contributed by atoms with E-state index in [0.29, 0.717) is 13.0 Å². The fourth-order valence-electron chi connectivity index (χ4n) is 2.48. The lowest BCUT2D eigenvalue weighted by Gasteiger charge is -2.27. The van der Waals surface area contributed by atoms with Gasteiger partial charge in [-0.05, 0) is 24.0 Å². The Morgan fingerprint density at radius 2 is 2.22 bits per heavy atom. The highest BCUT2D eigenvalue weighted by molar-refractivity contribution is 7.91. The predicted molar refractivity (Wildman–Crippen MR) is 70.7 cm³/mol. The van der Waals surface area contributed by atoms with Gasteiger partial charge in [-0.1, -0.05) is 24.3 Å². The van der Waals surface area contributed by atoms with Gasteiger partial charge in [0, 0.05) is 12.5 Å². The molecule has 2 unspecified atom stereocenters. The topological polar surface area (TPSA) is 80.4 Å². The number of aliphatic hydroxyl groups excluding tert-OH is 1. The Balaban J connectivity index is 2.17. The minimum atomic E-state index is -2.99. The third-order valence-corrected chi connectivity index (χ3v) is 5.32. The quantitative estimate of drug-likeness (QED) is 0.858. The van der Waals surface area contributed by atoms with Gasteiger partial charge in [0.05, 0.1) is 17.6 Å². The van der Waals surface area contributed by atoms with Crippen molar-refractivity contribution in [3.05, 3.63) is 35.4 Å². The second-order valence-corrected chi connectivity index (χ2v) is 7.14. The summed E-state index contributed by atoms with van der Waals surface area (Å²) >= 11 is 0. The maximum Gasteiger partial charge on any atom is 0.150 e. The summed E-state index contributed by atoms with van der Waals surface area (Å²) in [5.74, 6) is 0.136. The van der Waals surface area contributed by atoms with Crippen molar-refractivity contribution in [2.45, 2.75) is 25.5 Å². The summed E-state index contributed by atoms with van der Waals surface area (Å²) in [6, 6.07) is 7.42. The van der Waals surface area contributed by atoms with Crippen molar-refractivity contribution < 1.29 is 13.5 Å². The van der Waals surface area contributed by atoms with Crippen LogP contribution in [0.15, 0.2) is 24.3 Å². The van der Waals surface area contributed by atoms with E-state index in [1.165, 1.54) is 0 Å². The zero-order valence-electron chi connectivity index (χ0n) is 10.2. The van der Waals surface area contributed by atoms with Crippen LogP contribution in [-0.4, -0.2) is 25.0 Å². The van der Waals surface area contributed by atoms with Gasteiger partial charge in [0.1, 0.15) is 0 Å². The molecule has 0 saturated carbocycles. The number of aliphatic hydroxyl groups is 1. The van der Waals surface area contributed by atoms with Crippen molar-refractivity contribution in [1.29, 1.82) is 0 Å². The molecule has 5 heteroatoms. The largest absolute Gasteiger partial charge is 0.388 e. The molecule has 1 heterocycles. The molecule has 100 valence electrons. The average molecular weight is 269 g/mol. The summed E-state index contributed by atoms with van der Waals surface area (Å²) in [5.41, 5.74) is 7.28. The van der Waals surface area contributed by atoms with E-state index >= 15 is 0 Å². The predicted octanol–water partition coefficient (Wildman–Crippen LogP) is 1.00. The van der Waals surface area contributed by atoms with E-state index in [-0.39, 0.29) is 17.4 Å². The fraction of sp³-hybridized carbons (Fsp3) is 0.538. The molecule has 1 aliphatic heterocycles. The molecule has 2 atom stereocenters. The molecule has 3 N–H and O–H groups in total. The smallest absolute Gasteiger partial charge is 0.150 e. The van der Waals surface area contributed by atoms with Crippen LogP contribution in [0, 0.1) is 5.92 Å². The van der Waals surface area contributed by atoms with Crippen LogP contribution in [0.25, 0.3) is 0 Å². The van der Waals surface area contributed by atoms with Gasteiger partial charge in [-0.3, -0.25) is 0 Å². The Kier molecular flexibility index (Phi) is 4.04. The molecule has 0 bridgehead atoms. The number of hydrogen-bond donors (Lipinski definition) is 2. The van der Waals surface area contributed by atoms with Gasteiger partial charge < -0.3 is 10.8 Å². The number of sulfone groups is 1. The Morgan fingerprint density at radius 3 is 2.89 bits per heavy atom. The van der Waals surface area contributed by atoms with Crippen molar-refractivity contribution in [3.63, 3.8) is 0 Å². The maximum atomic E-state index is 11.6. The fourth-order valence-corrected chi connectivity index (χ4v) is 4.26. The molecule has 4 nitrogen and oxygen atoms in total. The Hall–Kier alpha value is -0.910. The molecule has 1 aromatic carbocycles. The average Bonchev–Trinajstić information content (AvgIpc) is 2.37. The summed E-state index contributed by atoms with van der Waals surface area (Å²) in [6.45, 7) is 0.420. The normalized spacial score (nSPS) is 24.7. The Bertz CT molecular complexity index is 513. The van der Waals surface area contributed by atoms with Crippen molar-refractivity contribution in [2.75, 3.05) is 11.5 Å². The summed E-state index contributed by atoms with van der Waals surface area (Å²) < 4.78 is 23.2. The number of rotatable bonds is 3. The molecule has 1 aliphatic rings. The van der Waals surface area contributed by atoms with E-state index in [1.54, 1.807) is 0 Å². The van der Waals surface area contributed by atoms with Gasteiger partial charge >= 0.3 is 0 Å². The van der Waals surface area contributed by atoms with E-state index in [0.717, 1.165) is 17.5 Å². The molecule has 1 saturated heterocycles. The van der Waals surface area contributed by atoms with Crippen LogP contribution in [0.4, 0.5) is 0 Å². The van der Waals surface area contributed by atoms with E-state index in [4.69, 9.17) is 5.73 Å². The lowest BCUT2D eigenvalue weighted by atomic mass is 9.92. The molecular weight excluding hydrogens is 250 g/mol. The highest BCUT2D eigenvalue weighted by atomic mass is 32.2. The third-order valence-electron chi connectivity index (χ3n) is 3.47. The van der Waals surface area contributed by atoms with Gasteiger partial charge in [-0.15, -0.1) is 0 Å². The lowest BCUT2D eigenvalue weighted by molar-refractivity contribution is 0.111. The first-order valence-electron chi connectivity index (χ1n) is 6.19. The van der Waals surface area contributed by atoms with Gasteiger partial charge in [0.15, 0.2) is 9.84 Å². The van der Waals surface area contributed by atoms with Gasteiger partial charge in [0.25, 0.3) is 0 Å². The molecule has 0 aliphatic carbocycles. The van der Waals surface area contributed by atoms with Gasteiger partial charge in [-0.2, -0.15) is 0 Å². The molecule has 2 rings (SSSR count). The lowest BCUT2D eigenvalue weighted by Crippen LogP contribution is -2.29. The zero-order valence-corrected chi connectivity index (χ0v) is 11.1. The molecule has 0 spiro atoms. The Labute approximate surface area is 108 Å². The highest BCUT2D eigenvalue weighted by Gasteiger charge is 2.30. The molecule has 1 fully saturated rings. The first-order valence-corrected chi connectivity index (χ1v) is 8.01. The monoisotopic (exact) mass is 269 g/mol. The van der Waals surface area contributed by atoms with E-state index in [2.05, 4.69) is 0 Å². The standard InChI is InChI=1S/C13H19NO3S/c14-8-10-3-1-4-11(7-10)13(15)12-5-2-6-18(16,17)9-12/h1,3-4,7,12-13,15H,2,5-6,8-9,14H2. The van der Waals surface area contributed by atoms with Crippen LogP contribution in [-0.2, 0) is 16.4 Å². The Morgan fingerprint density at radius 1 is 1.44 bits per heavy atom. The summed E-state index contributed by atoms with van der Waals surface area (Å²) in [5, 5.41) is 10.3. The maximum absolute atomic E-state index is 11.6. The van der Waals surface area contributed by atoms with Crippen molar-refractivity contribution in [2.24, 2.45) is 11.7 Å². The number of nitrogens with two attached hydrogens (primary N) is 1.